The molecule has 1 heterocycles. The van der Waals surface area contributed by atoms with Crippen molar-refractivity contribution in [2.75, 3.05) is 13.2 Å². The highest BCUT2D eigenvalue weighted by atomic mass is 16.3. The van der Waals surface area contributed by atoms with E-state index in [9.17, 15) is 9.90 Å². The van der Waals surface area contributed by atoms with Crippen LogP contribution in [0.2, 0.25) is 0 Å². The summed E-state index contributed by atoms with van der Waals surface area (Å²) >= 11 is 0. The molecule has 2 amide bonds. The number of hydrogen-bond donors (Lipinski definition) is 2. The van der Waals surface area contributed by atoms with Gasteiger partial charge in [0.2, 0.25) is 0 Å². The van der Waals surface area contributed by atoms with Crippen molar-refractivity contribution in [3.63, 3.8) is 0 Å². The molecular formula is C20H25N3O2. The molecule has 25 heavy (non-hydrogen) atoms. The number of aliphatic hydroxyl groups is 1. The lowest BCUT2D eigenvalue weighted by Gasteiger charge is -2.30. The molecule has 0 spiro atoms. The summed E-state index contributed by atoms with van der Waals surface area (Å²) in [6, 6.07) is 14.1. The van der Waals surface area contributed by atoms with Crippen LogP contribution in [0.4, 0.5) is 4.79 Å². The van der Waals surface area contributed by atoms with Crippen molar-refractivity contribution >= 4 is 6.03 Å². The van der Waals surface area contributed by atoms with Gasteiger partial charge in [-0.3, -0.25) is 4.98 Å². The van der Waals surface area contributed by atoms with E-state index < -0.39 is 0 Å². The molecule has 2 N–H and O–H groups in total. The second kappa shape index (κ2) is 8.12. The molecule has 0 fully saturated rings. The fraction of sp³-hybridized carbons (Fsp3) is 0.400. The van der Waals surface area contributed by atoms with Gasteiger partial charge in [0.05, 0.1) is 18.3 Å². The normalized spacial score (nSPS) is 15.7. The van der Waals surface area contributed by atoms with Gasteiger partial charge in [0.1, 0.15) is 0 Å². The molecule has 0 saturated carbocycles. The van der Waals surface area contributed by atoms with E-state index in [1.54, 1.807) is 0 Å². The van der Waals surface area contributed by atoms with Crippen molar-refractivity contribution in [2.24, 2.45) is 0 Å². The van der Waals surface area contributed by atoms with Crippen LogP contribution >= 0.6 is 0 Å². The highest BCUT2D eigenvalue weighted by Crippen LogP contribution is 2.35. The summed E-state index contributed by atoms with van der Waals surface area (Å²) in [5.74, 6) is 0. The van der Waals surface area contributed by atoms with Gasteiger partial charge in [-0.25, -0.2) is 4.79 Å². The number of benzene rings is 1. The lowest BCUT2D eigenvalue weighted by atomic mass is 10.1. The van der Waals surface area contributed by atoms with Crippen molar-refractivity contribution in [2.45, 2.75) is 38.8 Å². The van der Waals surface area contributed by atoms with Gasteiger partial charge < -0.3 is 15.3 Å². The average Bonchev–Trinajstić information content (AvgIpc) is 3.04. The summed E-state index contributed by atoms with van der Waals surface area (Å²) in [6.07, 6.45) is 2.50. The molecule has 132 valence electrons. The zero-order valence-electron chi connectivity index (χ0n) is 14.6. The number of nitrogens with zero attached hydrogens (tertiary/aromatic N) is 2. The summed E-state index contributed by atoms with van der Waals surface area (Å²) in [7, 11) is 0. The van der Waals surface area contributed by atoms with Gasteiger partial charge >= 0.3 is 6.03 Å². The number of amides is 2. The van der Waals surface area contributed by atoms with E-state index in [0.717, 1.165) is 24.2 Å². The molecule has 1 aliphatic rings. The maximum Gasteiger partial charge on any atom is 0.318 e. The van der Waals surface area contributed by atoms with Crippen LogP contribution in [0.25, 0.3) is 0 Å². The quantitative estimate of drug-likeness (QED) is 0.850. The average molecular weight is 339 g/mol. The van der Waals surface area contributed by atoms with Crippen molar-refractivity contribution in [1.29, 1.82) is 0 Å². The molecule has 0 bridgehead atoms. The molecule has 1 aromatic heterocycles. The Morgan fingerprint density at radius 3 is 2.92 bits per heavy atom. The summed E-state index contributed by atoms with van der Waals surface area (Å²) in [5.41, 5.74) is 4.33. The Kier molecular flexibility index (Phi) is 5.66. The van der Waals surface area contributed by atoms with E-state index in [1.807, 2.05) is 42.2 Å². The lowest BCUT2D eigenvalue weighted by molar-refractivity contribution is 0.164. The number of fused-ring (bicyclic) bond motifs is 1. The van der Waals surface area contributed by atoms with Gasteiger partial charge in [-0.2, -0.15) is 0 Å². The number of carbonyl (C=O) groups excluding carboxylic acids is 1. The maximum atomic E-state index is 12.8. The van der Waals surface area contributed by atoms with Crippen LogP contribution in [0.3, 0.4) is 0 Å². The number of urea groups is 1. The smallest absolute Gasteiger partial charge is 0.318 e. The van der Waals surface area contributed by atoms with Crippen molar-refractivity contribution in [3.05, 3.63) is 65.0 Å². The Morgan fingerprint density at radius 2 is 2.12 bits per heavy atom. The summed E-state index contributed by atoms with van der Waals surface area (Å²) in [6.45, 7) is 2.97. The Bertz CT molecular complexity index is 732. The monoisotopic (exact) mass is 339 g/mol. The molecule has 1 unspecified atom stereocenters. The first kappa shape index (κ1) is 17.4. The van der Waals surface area contributed by atoms with Gasteiger partial charge in [0.25, 0.3) is 0 Å². The van der Waals surface area contributed by atoms with Crippen LogP contribution in [0, 0.1) is 6.92 Å². The second-order valence-corrected chi connectivity index (χ2v) is 6.45. The third-order valence-electron chi connectivity index (χ3n) is 4.66. The first-order valence-electron chi connectivity index (χ1n) is 8.84. The first-order chi connectivity index (χ1) is 12.2. The summed E-state index contributed by atoms with van der Waals surface area (Å²) in [5, 5.41) is 12.2. The zero-order valence-corrected chi connectivity index (χ0v) is 14.6. The van der Waals surface area contributed by atoms with Gasteiger partial charge in [-0.15, -0.1) is 0 Å². The lowest BCUT2D eigenvalue weighted by Crippen LogP contribution is -2.42. The predicted octanol–water partition coefficient (Wildman–Crippen LogP) is 2.97. The number of nitrogens with one attached hydrogen (secondary N) is 1. The fourth-order valence-corrected chi connectivity index (χ4v) is 3.46. The zero-order chi connectivity index (χ0) is 17.6. The number of rotatable bonds is 6. The number of hydrogen-bond acceptors (Lipinski definition) is 3. The van der Waals surface area contributed by atoms with E-state index in [4.69, 9.17) is 0 Å². The van der Waals surface area contributed by atoms with Gasteiger partial charge in [-0.05, 0) is 49.4 Å². The van der Waals surface area contributed by atoms with Gasteiger partial charge in [-0.1, -0.05) is 30.3 Å². The van der Waals surface area contributed by atoms with Crippen LogP contribution in [0.5, 0.6) is 0 Å². The Balaban J connectivity index is 1.71. The van der Waals surface area contributed by atoms with Crippen LogP contribution < -0.4 is 5.32 Å². The molecule has 1 atom stereocenters. The number of pyridine rings is 1. The van der Waals surface area contributed by atoms with Gasteiger partial charge in [0, 0.05) is 18.8 Å². The molecule has 0 radical (unpaired) electrons. The SMILES string of the molecule is Cc1cccc(CNC(=O)N(CCCO)C2CCc3ccccc32)n1. The van der Waals surface area contributed by atoms with Crippen LogP contribution in [-0.2, 0) is 13.0 Å². The van der Waals surface area contributed by atoms with E-state index in [2.05, 4.69) is 22.4 Å². The molecule has 0 saturated heterocycles. The molecule has 5 heteroatoms. The third-order valence-corrected chi connectivity index (χ3v) is 4.66. The maximum absolute atomic E-state index is 12.8. The predicted molar refractivity (Wildman–Crippen MR) is 97.1 cm³/mol. The standard InChI is InChI=1S/C20H25N3O2/c1-15-6-4-8-17(22-15)14-21-20(25)23(12-5-13-24)19-11-10-16-7-2-3-9-18(16)19/h2-4,6-9,19,24H,5,10-14H2,1H3,(H,21,25). The first-order valence-corrected chi connectivity index (χ1v) is 8.84. The topological polar surface area (TPSA) is 65.5 Å². The number of aryl methyl sites for hydroxylation is 2. The minimum atomic E-state index is -0.0986. The van der Waals surface area contributed by atoms with E-state index in [0.29, 0.717) is 19.5 Å². The molecule has 2 aromatic rings. The molecule has 1 aliphatic carbocycles. The largest absolute Gasteiger partial charge is 0.396 e. The van der Waals surface area contributed by atoms with E-state index in [-0.39, 0.29) is 18.7 Å². The van der Waals surface area contributed by atoms with E-state index >= 15 is 0 Å². The highest BCUT2D eigenvalue weighted by molar-refractivity contribution is 5.75. The Morgan fingerprint density at radius 1 is 1.28 bits per heavy atom. The Labute approximate surface area is 148 Å². The fourth-order valence-electron chi connectivity index (χ4n) is 3.46. The summed E-state index contributed by atoms with van der Waals surface area (Å²) < 4.78 is 0. The summed E-state index contributed by atoms with van der Waals surface area (Å²) in [4.78, 5) is 19.1. The molecule has 0 aliphatic heterocycles. The minimum absolute atomic E-state index is 0.0771. The molecule has 1 aromatic carbocycles. The minimum Gasteiger partial charge on any atom is -0.396 e. The van der Waals surface area contributed by atoms with Gasteiger partial charge in [0.15, 0.2) is 0 Å². The van der Waals surface area contributed by atoms with Crippen molar-refractivity contribution < 1.29 is 9.90 Å². The molecule has 3 rings (SSSR count). The van der Waals surface area contributed by atoms with Crippen LogP contribution in [0.1, 0.15) is 41.4 Å². The van der Waals surface area contributed by atoms with Crippen LogP contribution in [0.15, 0.2) is 42.5 Å². The number of carbonyl (C=O) groups is 1. The third kappa shape index (κ3) is 4.17. The molecular weight excluding hydrogens is 314 g/mol. The van der Waals surface area contributed by atoms with Crippen LogP contribution in [-0.4, -0.2) is 34.2 Å². The molecule has 5 nitrogen and oxygen atoms in total. The number of aromatic nitrogens is 1. The highest BCUT2D eigenvalue weighted by Gasteiger charge is 2.30. The Hall–Kier alpha value is -2.40. The van der Waals surface area contributed by atoms with Crippen molar-refractivity contribution in [3.8, 4) is 0 Å². The number of aliphatic hydroxyl groups excluding tert-OH is 1. The van der Waals surface area contributed by atoms with E-state index in [1.165, 1.54) is 11.1 Å². The second-order valence-electron chi connectivity index (χ2n) is 6.45. The van der Waals surface area contributed by atoms with Crippen molar-refractivity contribution in [1.82, 2.24) is 15.2 Å².